The van der Waals surface area contributed by atoms with Gasteiger partial charge in [0.1, 0.15) is 16.4 Å². The number of anilines is 3. The Kier molecular flexibility index (Phi) is 9.53. The first-order valence-electron chi connectivity index (χ1n) is 11.4. The van der Waals surface area contributed by atoms with Crippen molar-refractivity contribution in [2.75, 3.05) is 29.4 Å². The first-order chi connectivity index (χ1) is 19.0. The second kappa shape index (κ2) is 12.8. The van der Waals surface area contributed by atoms with Crippen LogP contribution in [0.5, 0.6) is 11.5 Å². The van der Waals surface area contributed by atoms with Gasteiger partial charge in [0.25, 0.3) is 25.7 Å². The molecule has 12 nitrogen and oxygen atoms in total. The lowest BCUT2D eigenvalue weighted by molar-refractivity contribution is -0.387. The van der Waals surface area contributed by atoms with Gasteiger partial charge in [-0.3, -0.25) is 19.6 Å². The molecule has 0 amide bonds. The van der Waals surface area contributed by atoms with Gasteiger partial charge in [-0.15, -0.1) is 0 Å². The molecule has 0 unspecified atom stereocenters. The maximum atomic E-state index is 12.2. The second-order valence-corrected chi connectivity index (χ2v) is 11.2. The predicted octanol–water partition coefficient (Wildman–Crippen LogP) is 4.48. The van der Waals surface area contributed by atoms with E-state index in [9.17, 15) is 26.9 Å². The fourth-order valence-corrected chi connectivity index (χ4v) is 5.72. The molecule has 0 radical (unpaired) electrons. The van der Waals surface area contributed by atoms with Crippen LogP contribution in [0.4, 0.5) is 22.7 Å². The third kappa shape index (κ3) is 7.61. The number of benzene rings is 4. The number of rotatable bonds is 9. The van der Waals surface area contributed by atoms with Gasteiger partial charge in [-0.2, -0.15) is 0 Å². The van der Waals surface area contributed by atoms with E-state index in [0.29, 0.717) is 17.2 Å². The molecule has 0 aromatic heterocycles. The highest BCUT2D eigenvalue weighted by Crippen LogP contribution is 2.26. The number of nitro groups is 1. The zero-order valence-corrected chi connectivity index (χ0v) is 23.0. The average Bonchev–Trinajstić information content (AvgIpc) is 2.94. The number of hydrogen-bond donors (Lipinski definition) is 3. The standard InChI is InChI=1S/C13H12N2O5S.C13H14N2O3S/c1-20-11-8-6-10(7-9-11)14-21(18,19)13-5-3-2-4-12(13)15(16)17;1-18-11-8-6-10(7-9-11)15-19(16,17)13-5-3-2-4-12(13)14/h2-9,14H,1H3;2-9,15H,14H2,1H3. The molecule has 0 aliphatic heterocycles. The first-order valence-corrected chi connectivity index (χ1v) is 14.3. The number of ether oxygens (including phenoxy) is 2. The average molecular weight is 587 g/mol. The molecule has 14 heteroatoms. The SMILES string of the molecule is COc1ccc(NS(=O)(=O)c2ccccc2N)cc1.COc1ccc(NS(=O)(=O)c2ccccc2[N+](=O)[O-])cc1. The van der Waals surface area contributed by atoms with Crippen molar-refractivity contribution in [1.82, 2.24) is 0 Å². The van der Waals surface area contributed by atoms with Crippen molar-refractivity contribution in [3.05, 3.63) is 107 Å². The molecule has 0 saturated carbocycles. The van der Waals surface area contributed by atoms with Crippen LogP contribution in [0.15, 0.2) is 107 Å². The van der Waals surface area contributed by atoms with E-state index in [4.69, 9.17) is 15.2 Å². The van der Waals surface area contributed by atoms with Crippen molar-refractivity contribution in [3.63, 3.8) is 0 Å². The largest absolute Gasteiger partial charge is 0.497 e. The van der Waals surface area contributed by atoms with Crippen molar-refractivity contribution >= 4 is 42.8 Å². The molecule has 4 N–H and O–H groups in total. The molecule has 0 bridgehead atoms. The highest BCUT2D eigenvalue weighted by atomic mass is 32.2. The molecule has 0 aliphatic carbocycles. The Bertz CT molecular complexity index is 1680. The van der Waals surface area contributed by atoms with Crippen molar-refractivity contribution < 1.29 is 31.2 Å². The van der Waals surface area contributed by atoms with E-state index in [2.05, 4.69) is 9.44 Å². The minimum Gasteiger partial charge on any atom is -0.497 e. The fourth-order valence-electron chi connectivity index (χ4n) is 3.30. The monoisotopic (exact) mass is 586 g/mol. The van der Waals surface area contributed by atoms with Crippen LogP contribution in [-0.2, 0) is 20.0 Å². The highest BCUT2D eigenvalue weighted by molar-refractivity contribution is 7.93. The van der Waals surface area contributed by atoms with Gasteiger partial charge in [-0.05, 0) is 66.7 Å². The maximum Gasteiger partial charge on any atom is 0.289 e. The Morgan fingerprint density at radius 1 is 0.650 bits per heavy atom. The van der Waals surface area contributed by atoms with Gasteiger partial charge < -0.3 is 15.2 Å². The van der Waals surface area contributed by atoms with E-state index in [0.717, 1.165) is 6.07 Å². The number of nitrogens with two attached hydrogens (primary N) is 1. The minimum atomic E-state index is -4.04. The number of nitrogen functional groups attached to an aromatic ring is 1. The van der Waals surface area contributed by atoms with Gasteiger partial charge in [0, 0.05) is 17.4 Å². The van der Waals surface area contributed by atoms with Gasteiger partial charge in [0.2, 0.25) is 0 Å². The molecule has 40 heavy (non-hydrogen) atoms. The Labute approximate surface area is 231 Å². The number of sulfonamides is 2. The summed E-state index contributed by atoms with van der Waals surface area (Å²) in [4.78, 5) is 9.85. The number of methoxy groups -OCH3 is 2. The third-order valence-corrected chi connectivity index (χ3v) is 8.13. The molecule has 0 saturated heterocycles. The van der Waals surface area contributed by atoms with Crippen molar-refractivity contribution in [2.45, 2.75) is 9.79 Å². The highest BCUT2D eigenvalue weighted by Gasteiger charge is 2.25. The van der Waals surface area contributed by atoms with E-state index < -0.39 is 30.7 Å². The molecule has 0 heterocycles. The van der Waals surface area contributed by atoms with Gasteiger partial charge in [-0.25, -0.2) is 16.8 Å². The summed E-state index contributed by atoms with van der Waals surface area (Å²) >= 11 is 0. The van der Waals surface area contributed by atoms with E-state index in [1.54, 1.807) is 61.7 Å². The molecule has 0 aliphatic rings. The number of nitrogens with zero attached hydrogens (tertiary/aromatic N) is 1. The molecule has 4 aromatic carbocycles. The van der Waals surface area contributed by atoms with Gasteiger partial charge >= 0.3 is 0 Å². The molecule has 0 atom stereocenters. The van der Waals surface area contributed by atoms with Gasteiger partial charge in [0.15, 0.2) is 4.90 Å². The summed E-state index contributed by atoms with van der Waals surface area (Å²) in [6.45, 7) is 0. The van der Waals surface area contributed by atoms with Crippen LogP contribution in [0.25, 0.3) is 0 Å². The van der Waals surface area contributed by atoms with Crippen molar-refractivity contribution in [3.8, 4) is 11.5 Å². The molecule has 4 aromatic rings. The molecular weight excluding hydrogens is 560 g/mol. The van der Waals surface area contributed by atoms with Crippen molar-refractivity contribution in [1.29, 1.82) is 0 Å². The van der Waals surface area contributed by atoms with Gasteiger partial charge in [0.05, 0.1) is 24.8 Å². The Hall–Kier alpha value is -4.82. The van der Waals surface area contributed by atoms with Crippen LogP contribution in [0.1, 0.15) is 0 Å². The quantitative estimate of drug-likeness (QED) is 0.145. The zero-order chi connectivity index (χ0) is 29.3. The summed E-state index contributed by atoms with van der Waals surface area (Å²) < 4.78 is 63.5. The Balaban J connectivity index is 0.000000222. The van der Waals surface area contributed by atoms with Crippen LogP contribution < -0.4 is 24.7 Å². The first kappa shape index (κ1) is 29.7. The summed E-state index contributed by atoms with van der Waals surface area (Å²) in [5.41, 5.74) is 6.14. The summed E-state index contributed by atoms with van der Waals surface area (Å²) in [5.74, 6) is 1.23. The summed E-state index contributed by atoms with van der Waals surface area (Å²) in [5, 5.41) is 10.9. The van der Waals surface area contributed by atoms with Crippen LogP contribution in [0.2, 0.25) is 0 Å². The van der Waals surface area contributed by atoms with E-state index in [1.165, 1.54) is 43.5 Å². The number of para-hydroxylation sites is 2. The van der Waals surface area contributed by atoms with Crippen LogP contribution in [0, 0.1) is 10.1 Å². The van der Waals surface area contributed by atoms with Crippen LogP contribution in [0.3, 0.4) is 0 Å². The second-order valence-electron chi connectivity index (χ2n) is 7.93. The lowest BCUT2D eigenvalue weighted by atomic mass is 10.3. The third-order valence-electron chi connectivity index (χ3n) is 5.24. The Morgan fingerprint density at radius 3 is 1.48 bits per heavy atom. The normalized spacial score (nSPS) is 10.9. The van der Waals surface area contributed by atoms with E-state index in [-0.39, 0.29) is 21.2 Å². The predicted molar refractivity (Wildman–Crippen MR) is 152 cm³/mol. The smallest absolute Gasteiger partial charge is 0.289 e. The van der Waals surface area contributed by atoms with Crippen LogP contribution >= 0.6 is 0 Å². The molecule has 0 spiro atoms. The van der Waals surface area contributed by atoms with Crippen LogP contribution in [-0.4, -0.2) is 36.0 Å². The van der Waals surface area contributed by atoms with E-state index >= 15 is 0 Å². The Morgan fingerprint density at radius 2 is 1.05 bits per heavy atom. The van der Waals surface area contributed by atoms with Gasteiger partial charge in [-0.1, -0.05) is 24.3 Å². The summed E-state index contributed by atoms with van der Waals surface area (Å²) in [6, 6.07) is 24.2. The zero-order valence-electron chi connectivity index (χ0n) is 21.3. The summed E-state index contributed by atoms with van der Waals surface area (Å²) in [7, 11) is -4.68. The molecule has 210 valence electrons. The number of nitro benzene ring substituents is 1. The minimum absolute atomic E-state index is 0.0609. The molecule has 4 rings (SSSR count). The number of nitrogens with one attached hydrogen (secondary N) is 2. The molecule has 0 fully saturated rings. The fraction of sp³-hybridized carbons (Fsp3) is 0.0769. The lowest BCUT2D eigenvalue weighted by Crippen LogP contribution is -2.14. The number of hydrogen-bond acceptors (Lipinski definition) is 9. The maximum absolute atomic E-state index is 12.2. The summed E-state index contributed by atoms with van der Waals surface area (Å²) in [6.07, 6.45) is 0. The topological polar surface area (TPSA) is 180 Å². The van der Waals surface area contributed by atoms with Crippen molar-refractivity contribution in [2.24, 2.45) is 0 Å². The van der Waals surface area contributed by atoms with E-state index in [1.807, 2.05) is 0 Å². The lowest BCUT2D eigenvalue weighted by Gasteiger charge is -2.10. The molecular formula is C26H26N4O8S2.